The summed E-state index contributed by atoms with van der Waals surface area (Å²) in [6.07, 6.45) is 1.89. The highest BCUT2D eigenvalue weighted by Crippen LogP contribution is 2.21. The number of hydrogen-bond donors (Lipinski definition) is 1. The molecular formula is C24H23N3O4. The summed E-state index contributed by atoms with van der Waals surface area (Å²) < 4.78 is 16.2. The van der Waals surface area contributed by atoms with Gasteiger partial charge in [0.2, 0.25) is 5.91 Å². The standard InChI is InChI=1S/C24H23N3O4/c1-15-22(16(2)31-27-15)13-30-21-10-4-18(5-11-21)12-24(28)26-20-8-6-19(7-9-20)23-14-29-17(3)25-23/h4-11,14H,12-13H2,1-3H3,(H,26,28). The number of nitrogens with zero attached hydrogens (tertiary/aromatic N) is 2. The van der Waals surface area contributed by atoms with Crippen LogP contribution < -0.4 is 10.1 Å². The zero-order valence-electron chi connectivity index (χ0n) is 17.6. The van der Waals surface area contributed by atoms with E-state index < -0.39 is 0 Å². The molecule has 0 spiro atoms. The first-order chi connectivity index (χ1) is 15.0. The van der Waals surface area contributed by atoms with E-state index in [1.807, 2.05) is 62.4 Å². The first kappa shape index (κ1) is 20.4. The molecule has 1 N–H and O–H groups in total. The van der Waals surface area contributed by atoms with Gasteiger partial charge in [-0.05, 0) is 43.7 Å². The second kappa shape index (κ2) is 8.87. The highest BCUT2D eigenvalue weighted by Gasteiger charge is 2.10. The number of amides is 1. The van der Waals surface area contributed by atoms with Crippen LogP contribution >= 0.6 is 0 Å². The number of benzene rings is 2. The number of aryl methyl sites for hydroxylation is 3. The molecule has 0 unspecified atom stereocenters. The predicted molar refractivity (Wildman–Crippen MR) is 116 cm³/mol. The summed E-state index contributed by atoms with van der Waals surface area (Å²) in [5.41, 5.74) is 5.11. The van der Waals surface area contributed by atoms with Crippen molar-refractivity contribution in [1.29, 1.82) is 0 Å². The average Bonchev–Trinajstić information content (AvgIpc) is 3.33. The number of ether oxygens (including phenoxy) is 1. The molecule has 0 atom stereocenters. The van der Waals surface area contributed by atoms with Crippen molar-refractivity contribution in [3.8, 4) is 17.0 Å². The minimum atomic E-state index is -0.0885. The van der Waals surface area contributed by atoms with Crippen LogP contribution in [-0.2, 0) is 17.8 Å². The average molecular weight is 417 g/mol. The van der Waals surface area contributed by atoms with Crippen molar-refractivity contribution >= 4 is 11.6 Å². The molecule has 2 aromatic heterocycles. The van der Waals surface area contributed by atoms with Gasteiger partial charge < -0.3 is 19.0 Å². The zero-order chi connectivity index (χ0) is 21.8. The molecule has 4 rings (SSSR count). The number of carbonyl (C=O) groups is 1. The Morgan fingerprint density at radius 1 is 1.03 bits per heavy atom. The van der Waals surface area contributed by atoms with E-state index in [-0.39, 0.29) is 12.3 Å². The van der Waals surface area contributed by atoms with Crippen LogP contribution in [-0.4, -0.2) is 16.0 Å². The Labute approximate surface area is 180 Å². The number of aromatic nitrogens is 2. The molecule has 2 heterocycles. The van der Waals surface area contributed by atoms with Gasteiger partial charge in [-0.1, -0.05) is 29.4 Å². The van der Waals surface area contributed by atoms with Gasteiger partial charge in [0.1, 0.15) is 30.1 Å². The van der Waals surface area contributed by atoms with E-state index in [0.29, 0.717) is 12.5 Å². The summed E-state index contributed by atoms with van der Waals surface area (Å²) in [5.74, 6) is 2.01. The number of oxazole rings is 1. The third-order valence-electron chi connectivity index (χ3n) is 4.94. The molecule has 0 radical (unpaired) electrons. The molecule has 1 amide bonds. The summed E-state index contributed by atoms with van der Waals surface area (Å²) in [7, 11) is 0. The molecule has 0 saturated heterocycles. The maximum Gasteiger partial charge on any atom is 0.228 e. The molecule has 0 saturated carbocycles. The van der Waals surface area contributed by atoms with E-state index in [1.165, 1.54) is 0 Å². The third-order valence-corrected chi connectivity index (χ3v) is 4.94. The second-order valence-corrected chi connectivity index (χ2v) is 7.29. The van der Waals surface area contributed by atoms with Crippen molar-refractivity contribution < 1.29 is 18.5 Å². The SMILES string of the molecule is Cc1nc(-c2ccc(NC(=O)Cc3ccc(OCc4c(C)noc4C)cc3)cc2)co1. The van der Waals surface area contributed by atoms with Crippen LogP contribution in [0.15, 0.2) is 63.7 Å². The quantitative estimate of drug-likeness (QED) is 0.454. The molecule has 4 aromatic rings. The van der Waals surface area contributed by atoms with E-state index in [4.69, 9.17) is 13.7 Å². The first-order valence-electron chi connectivity index (χ1n) is 9.94. The van der Waals surface area contributed by atoms with Crippen molar-refractivity contribution in [3.05, 3.63) is 83.3 Å². The molecule has 0 bridgehead atoms. The van der Waals surface area contributed by atoms with Crippen LogP contribution in [0.3, 0.4) is 0 Å². The molecule has 0 aliphatic heterocycles. The van der Waals surface area contributed by atoms with Gasteiger partial charge in [0.25, 0.3) is 0 Å². The van der Waals surface area contributed by atoms with Crippen LogP contribution in [0.4, 0.5) is 5.69 Å². The van der Waals surface area contributed by atoms with Gasteiger partial charge in [0.15, 0.2) is 5.89 Å². The van der Waals surface area contributed by atoms with Gasteiger partial charge in [-0.3, -0.25) is 4.79 Å². The first-order valence-corrected chi connectivity index (χ1v) is 9.94. The lowest BCUT2D eigenvalue weighted by Gasteiger charge is -2.08. The summed E-state index contributed by atoms with van der Waals surface area (Å²) in [6.45, 7) is 5.95. The summed E-state index contributed by atoms with van der Waals surface area (Å²) in [6, 6.07) is 15.0. The minimum absolute atomic E-state index is 0.0885. The molecule has 7 heteroatoms. The molecule has 0 aliphatic rings. The van der Waals surface area contributed by atoms with E-state index in [2.05, 4.69) is 15.5 Å². The Hall–Kier alpha value is -3.87. The number of hydrogen-bond acceptors (Lipinski definition) is 6. The summed E-state index contributed by atoms with van der Waals surface area (Å²) >= 11 is 0. The summed E-state index contributed by atoms with van der Waals surface area (Å²) in [5, 5.41) is 6.84. The smallest absolute Gasteiger partial charge is 0.228 e. The van der Waals surface area contributed by atoms with Gasteiger partial charge in [-0.15, -0.1) is 0 Å². The maximum absolute atomic E-state index is 12.4. The fourth-order valence-corrected chi connectivity index (χ4v) is 3.18. The molecule has 2 aromatic carbocycles. The van der Waals surface area contributed by atoms with Crippen molar-refractivity contribution in [1.82, 2.24) is 10.1 Å². The fourth-order valence-electron chi connectivity index (χ4n) is 3.18. The topological polar surface area (TPSA) is 90.4 Å². The van der Waals surface area contributed by atoms with Crippen molar-refractivity contribution in [2.45, 2.75) is 33.8 Å². The highest BCUT2D eigenvalue weighted by molar-refractivity contribution is 5.92. The van der Waals surface area contributed by atoms with E-state index in [0.717, 1.165) is 45.3 Å². The molecule has 7 nitrogen and oxygen atoms in total. The predicted octanol–water partition coefficient (Wildman–Crippen LogP) is 5.02. The van der Waals surface area contributed by atoms with Gasteiger partial charge in [0, 0.05) is 18.2 Å². The maximum atomic E-state index is 12.4. The zero-order valence-corrected chi connectivity index (χ0v) is 17.6. The van der Waals surface area contributed by atoms with Crippen LogP contribution in [0.5, 0.6) is 5.75 Å². The Balaban J connectivity index is 1.30. The number of anilines is 1. The van der Waals surface area contributed by atoms with E-state index >= 15 is 0 Å². The Kier molecular flexibility index (Phi) is 5.84. The third kappa shape index (κ3) is 5.01. The second-order valence-electron chi connectivity index (χ2n) is 7.29. The monoisotopic (exact) mass is 417 g/mol. The van der Waals surface area contributed by atoms with Gasteiger partial charge in [-0.2, -0.15) is 0 Å². The molecule has 31 heavy (non-hydrogen) atoms. The fraction of sp³-hybridized carbons (Fsp3) is 0.208. The number of rotatable bonds is 7. The van der Waals surface area contributed by atoms with Gasteiger partial charge in [-0.25, -0.2) is 4.98 Å². The lowest BCUT2D eigenvalue weighted by Crippen LogP contribution is -2.14. The Morgan fingerprint density at radius 3 is 2.39 bits per heavy atom. The van der Waals surface area contributed by atoms with Crippen LogP contribution in [0.25, 0.3) is 11.3 Å². The van der Waals surface area contributed by atoms with E-state index in [9.17, 15) is 4.79 Å². The molecule has 158 valence electrons. The van der Waals surface area contributed by atoms with Crippen molar-refractivity contribution in [2.75, 3.05) is 5.32 Å². The van der Waals surface area contributed by atoms with Crippen LogP contribution in [0.1, 0.15) is 28.5 Å². The van der Waals surface area contributed by atoms with Crippen LogP contribution in [0.2, 0.25) is 0 Å². The largest absolute Gasteiger partial charge is 0.489 e. The van der Waals surface area contributed by atoms with Gasteiger partial charge >= 0.3 is 0 Å². The molecule has 0 aliphatic carbocycles. The lowest BCUT2D eigenvalue weighted by atomic mass is 10.1. The van der Waals surface area contributed by atoms with Crippen molar-refractivity contribution in [2.24, 2.45) is 0 Å². The van der Waals surface area contributed by atoms with Gasteiger partial charge in [0.05, 0.1) is 17.7 Å². The normalized spacial score (nSPS) is 10.8. The van der Waals surface area contributed by atoms with Crippen molar-refractivity contribution in [3.63, 3.8) is 0 Å². The summed E-state index contributed by atoms with van der Waals surface area (Å²) in [4.78, 5) is 16.7. The lowest BCUT2D eigenvalue weighted by molar-refractivity contribution is -0.115. The Morgan fingerprint density at radius 2 is 1.77 bits per heavy atom. The number of nitrogens with one attached hydrogen (secondary N) is 1. The van der Waals surface area contributed by atoms with E-state index in [1.54, 1.807) is 13.2 Å². The Bertz CT molecular complexity index is 1160. The molecule has 0 fully saturated rings. The number of carbonyl (C=O) groups excluding carboxylic acids is 1. The molecular weight excluding hydrogens is 394 g/mol. The van der Waals surface area contributed by atoms with Crippen LogP contribution in [0, 0.1) is 20.8 Å². The minimum Gasteiger partial charge on any atom is -0.489 e. The highest BCUT2D eigenvalue weighted by atomic mass is 16.5.